The van der Waals surface area contributed by atoms with Gasteiger partial charge in [0.1, 0.15) is 6.61 Å². The highest BCUT2D eigenvalue weighted by molar-refractivity contribution is 7.99. The summed E-state index contributed by atoms with van der Waals surface area (Å²) in [6.07, 6.45) is 15.6. The number of ether oxygens (including phenoxy) is 1. The average molecular weight is 522 g/mol. The predicted molar refractivity (Wildman–Crippen MR) is 139 cm³/mol. The number of carboxylic acids is 2. The molecule has 1 heterocycles. The minimum atomic E-state index is -1.82. The number of rotatable bonds is 5. The molecule has 202 valence electrons. The van der Waals surface area contributed by atoms with Crippen molar-refractivity contribution in [3.05, 3.63) is 11.6 Å². The first-order valence-corrected chi connectivity index (χ1v) is 14.8. The fraction of sp³-hybridized carbons (Fsp3) is 0.821. The SMILES string of the molecule is C[C@]12CC[C@H](SCCCN)C[C@@H]1CC[C@@H]1[C@@H]2CC[C@]2(C)[C@@H](C3=CC(=O)OC3)CC[C@@H]12.O=C(O)C(=O)O. The summed E-state index contributed by atoms with van der Waals surface area (Å²) < 4.78 is 5.30. The van der Waals surface area contributed by atoms with Crippen molar-refractivity contribution in [2.24, 2.45) is 46.2 Å². The number of carboxylic acid groups (broad SMARTS) is 2. The van der Waals surface area contributed by atoms with Gasteiger partial charge >= 0.3 is 17.9 Å². The molecule has 36 heavy (non-hydrogen) atoms. The third kappa shape index (κ3) is 5.22. The third-order valence-corrected chi connectivity index (χ3v) is 12.1. The van der Waals surface area contributed by atoms with E-state index in [4.69, 9.17) is 30.3 Å². The van der Waals surface area contributed by atoms with Gasteiger partial charge in [0.15, 0.2) is 0 Å². The van der Waals surface area contributed by atoms with E-state index in [1.807, 2.05) is 6.08 Å². The van der Waals surface area contributed by atoms with Gasteiger partial charge in [-0.1, -0.05) is 13.8 Å². The van der Waals surface area contributed by atoms with Gasteiger partial charge in [-0.3, -0.25) is 0 Å². The fourth-order valence-corrected chi connectivity index (χ4v) is 10.2. The number of hydrogen-bond acceptors (Lipinski definition) is 6. The number of fused-ring (bicyclic) bond motifs is 5. The molecule has 0 aromatic heterocycles. The average Bonchev–Trinajstić information content (AvgIpc) is 3.42. The van der Waals surface area contributed by atoms with Gasteiger partial charge in [-0.25, -0.2) is 14.4 Å². The Morgan fingerprint density at radius 1 is 1.03 bits per heavy atom. The van der Waals surface area contributed by atoms with Gasteiger partial charge in [-0.2, -0.15) is 11.8 Å². The van der Waals surface area contributed by atoms with Crippen molar-refractivity contribution < 1.29 is 29.3 Å². The number of esters is 1. The van der Waals surface area contributed by atoms with E-state index in [0.29, 0.717) is 23.4 Å². The molecule has 0 radical (unpaired) electrons. The first kappa shape index (κ1) is 27.5. The Morgan fingerprint density at radius 2 is 1.72 bits per heavy atom. The van der Waals surface area contributed by atoms with Crippen molar-refractivity contribution in [1.82, 2.24) is 0 Å². The lowest BCUT2D eigenvalue weighted by molar-refractivity contribution is -0.159. The van der Waals surface area contributed by atoms with Crippen molar-refractivity contribution >= 4 is 29.7 Å². The Bertz CT molecular complexity index is 879. The Labute approximate surface area is 219 Å². The van der Waals surface area contributed by atoms with Gasteiger partial charge in [0.05, 0.1) is 0 Å². The molecule has 4 saturated carbocycles. The minimum Gasteiger partial charge on any atom is -0.473 e. The molecule has 0 spiro atoms. The molecule has 5 rings (SSSR count). The van der Waals surface area contributed by atoms with E-state index < -0.39 is 11.9 Å². The number of cyclic esters (lactones) is 1. The van der Waals surface area contributed by atoms with E-state index in [1.165, 1.54) is 75.5 Å². The Morgan fingerprint density at radius 3 is 2.36 bits per heavy atom. The lowest BCUT2D eigenvalue weighted by atomic mass is 9.44. The van der Waals surface area contributed by atoms with Crippen molar-refractivity contribution in [3.63, 3.8) is 0 Å². The number of carbonyl (C=O) groups excluding carboxylic acids is 1. The molecule has 4 fully saturated rings. The molecular formula is C28H43NO6S. The largest absolute Gasteiger partial charge is 0.473 e. The molecular weight excluding hydrogens is 478 g/mol. The number of hydrogen-bond donors (Lipinski definition) is 3. The zero-order valence-electron chi connectivity index (χ0n) is 21.7. The second-order valence-electron chi connectivity index (χ2n) is 12.2. The zero-order valence-corrected chi connectivity index (χ0v) is 22.6. The van der Waals surface area contributed by atoms with E-state index in [-0.39, 0.29) is 5.97 Å². The summed E-state index contributed by atoms with van der Waals surface area (Å²) in [5.41, 5.74) is 7.97. The van der Waals surface area contributed by atoms with Crippen LogP contribution in [0.5, 0.6) is 0 Å². The molecule has 8 heteroatoms. The quantitative estimate of drug-likeness (QED) is 0.269. The van der Waals surface area contributed by atoms with Crippen LogP contribution in [0.3, 0.4) is 0 Å². The molecule has 0 aromatic carbocycles. The van der Waals surface area contributed by atoms with Crippen LogP contribution in [-0.4, -0.2) is 52.3 Å². The number of carbonyl (C=O) groups is 3. The molecule has 0 bridgehead atoms. The van der Waals surface area contributed by atoms with Crippen molar-refractivity contribution in [3.8, 4) is 0 Å². The zero-order chi connectivity index (χ0) is 26.1. The smallest absolute Gasteiger partial charge is 0.414 e. The van der Waals surface area contributed by atoms with E-state index >= 15 is 0 Å². The Hall–Kier alpha value is -1.54. The Balaban J connectivity index is 0.000000455. The second kappa shape index (κ2) is 11.1. The number of thioether (sulfide) groups is 1. The molecule has 0 aromatic rings. The maximum Gasteiger partial charge on any atom is 0.414 e. The Kier molecular flexibility index (Phi) is 8.45. The summed E-state index contributed by atoms with van der Waals surface area (Å²) in [6.45, 7) is 6.64. The normalized spacial score (nSPS) is 41.1. The highest BCUT2D eigenvalue weighted by Gasteiger charge is 2.60. The van der Waals surface area contributed by atoms with Gasteiger partial charge in [0.25, 0.3) is 0 Å². The maximum atomic E-state index is 11.7. The van der Waals surface area contributed by atoms with E-state index in [9.17, 15) is 4.79 Å². The molecule has 4 N–H and O–H groups in total. The molecule has 0 unspecified atom stereocenters. The van der Waals surface area contributed by atoms with E-state index in [2.05, 4.69) is 25.6 Å². The van der Waals surface area contributed by atoms with E-state index in [1.54, 1.807) is 0 Å². The summed E-state index contributed by atoms with van der Waals surface area (Å²) >= 11 is 2.21. The van der Waals surface area contributed by atoms with Crippen LogP contribution in [0.4, 0.5) is 0 Å². The molecule has 8 atom stereocenters. The summed E-state index contributed by atoms with van der Waals surface area (Å²) in [7, 11) is 0. The van der Waals surface area contributed by atoms with Crippen LogP contribution >= 0.6 is 11.8 Å². The van der Waals surface area contributed by atoms with Gasteiger partial charge in [0.2, 0.25) is 0 Å². The summed E-state index contributed by atoms with van der Waals surface area (Å²) in [5, 5.41) is 15.7. The molecule has 0 amide bonds. The van der Waals surface area contributed by atoms with Crippen molar-refractivity contribution in [1.29, 1.82) is 0 Å². The van der Waals surface area contributed by atoms with Crippen molar-refractivity contribution in [2.75, 3.05) is 18.9 Å². The second-order valence-corrected chi connectivity index (χ2v) is 13.6. The maximum absolute atomic E-state index is 11.7. The molecule has 4 aliphatic carbocycles. The highest BCUT2D eigenvalue weighted by atomic mass is 32.2. The monoisotopic (exact) mass is 521 g/mol. The van der Waals surface area contributed by atoms with Gasteiger partial charge in [-0.05, 0) is 122 Å². The highest BCUT2D eigenvalue weighted by Crippen LogP contribution is 2.68. The van der Waals surface area contributed by atoms with Crippen LogP contribution in [0.2, 0.25) is 0 Å². The lowest BCUT2D eigenvalue weighted by Crippen LogP contribution is -2.53. The summed E-state index contributed by atoms with van der Waals surface area (Å²) in [5.74, 6) is 1.70. The van der Waals surface area contributed by atoms with Crippen LogP contribution in [0.25, 0.3) is 0 Å². The van der Waals surface area contributed by atoms with Crippen LogP contribution in [0.15, 0.2) is 11.6 Å². The standard InChI is InChI=1S/C26H41NO2S.C2H2O4/c1-25-10-8-19(30-13-3-12-27)15-18(25)4-5-20-22-7-6-21(17-14-24(28)29-16-17)26(22,2)11-9-23(20)25;3-1(4)2(5)6/h14,18-23H,3-13,15-16,27H2,1-2H3;(H,3,4)(H,5,6)/t18-,19-,20-,21+,22-,23-,25-,26+;/m0./s1. The molecule has 1 aliphatic heterocycles. The van der Waals surface area contributed by atoms with Crippen LogP contribution in [-0.2, 0) is 19.1 Å². The number of aliphatic carboxylic acids is 2. The van der Waals surface area contributed by atoms with Crippen LogP contribution in [0.1, 0.15) is 78.1 Å². The molecule has 5 aliphatic rings. The lowest BCUT2D eigenvalue weighted by Gasteiger charge is -2.61. The topological polar surface area (TPSA) is 127 Å². The first-order chi connectivity index (χ1) is 17.1. The predicted octanol–water partition coefficient (Wildman–Crippen LogP) is 4.73. The van der Waals surface area contributed by atoms with Gasteiger partial charge in [-0.15, -0.1) is 0 Å². The van der Waals surface area contributed by atoms with Crippen LogP contribution in [0, 0.1) is 40.4 Å². The first-order valence-electron chi connectivity index (χ1n) is 13.7. The molecule has 0 saturated heterocycles. The summed E-state index contributed by atoms with van der Waals surface area (Å²) in [4.78, 5) is 29.9. The minimum absolute atomic E-state index is 0.111. The summed E-state index contributed by atoms with van der Waals surface area (Å²) in [6, 6.07) is 0. The van der Waals surface area contributed by atoms with Crippen LogP contribution < -0.4 is 5.73 Å². The number of nitrogens with two attached hydrogens (primary N) is 1. The van der Waals surface area contributed by atoms with Crippen molar-refractivity contribution in [2.45, 2.75) is 83.3 Å². The molecule has 7 nitrogen and oxygen atoms in total. The fourth-order valence-electron chi connectivity index (χ4n) is 8.90. The van der Waals surface area contributed by atoms with Gasteiger partial charge in [0, 0.05) is 11.3 Å². The van der Waals surface area contributed by atoms with Gasteiger partial charge < -0.3 is 20.7 Å². The van der Waals surface area contributed by atoms with E-state index in [0.717, 1.165) is 35.5 Å². The third-order valence-electron chi connectivity index (χ3n) is 10.6.